The average Bonchev–Trinajstić information content (AvgIpc) is 2.68. The molecule has 1 aromatic rings. The highest BCUT2D eigenvalue weighted by Crippen LogP contribution is 2.28. The van der Waals surface area contributed by atoms with Crippen LogP contribution >= 0.6 is 0 Å². The number of ether oxygens (including phenoxy) is 1. The molecule has 0 aromatic carbocycles. The maximum absolute atomic E-state index is 10.6. The summed E-state index contributed by atoms with van der Waals surface area (Å²) in [5, 5.41) is 8.68. The normalized spacial score (nSPS) is 18.3. The lowest BCUT2D eigenvalue weighted by atomic mass is 9.98. The van der Waals surface area contributed by atoms with E-state index in [0.717, 1.165) is 31.8 Å². The smallest absolute Gasteiger partial charge is 0.371 e. The Morgan fingerprint density at radius 1 is 1.36 bits per heavy atom. The molecule has 0 aliphatic carbocycles. The first-order valence-electron chi connectivity index (χ1n) is 4.68. The largest absolute Gasteiger partial charge is 0.475 e. The molecule has 1 N–H and O–H groups in total. The van der Waals surface area contributed by atoms with Crippen LogP contribution in [0.15, 0.2) is 16.5 Å². The summed E-state index contributed by atoms with van der Waals surface area (Å²) < 4.78 is 10.4. The third kappa shape index (κ3) is 1.80. The van der Waals surface area contributed by atoms with Crippen LogP contribution in [0.4, 0.5) is 0 Å². The molecule has 2 heterocycles. The Morgan fingerprint density at radius 2 is 2.07 bits per heavy atom. The molecule has 4 nitrogen and oxygen atoms in total. The van der Waals surface area contributed by atoms with E-state index >= 15 is 0 Å². The fraction of sp³-hybridized carbons (Fsp3) is 0.500. The fourth-order valence-corrected chi connectivity index (χ4v) is 1.67. The number of hydrogen-bond acceptors (Lipinski definition) is 3. The van der Waals surface area contributed by atoms with E-state index in [4.69, 9.17) is 14.3 Å². The number of carboxylic acid groups (broad SMARTS) is 1. The van der Waals surface area contributed by atoms with E-state index in [2.05, 4.69) is 0 Å². The Morgan fingerprint density at radius 3 is 2.64 bits per heavy atom. The summed E-state index contributed by atoms with van der Waals surface area (Å²) in [6.45, 7) is 1.46. The molecule has 0 unspecified atom stereocenters. The van der Waals surface area contributed by atoms with E-state index in [0.29, 0.717) is 5.92 Å². The van der Waals surface area contributed by atoms with Gasteiger partial charge in [-0.2, -0.15) is 0 Å². The lowest BCUT2D eigenvalue weighted by Crippen LogP contribution is -2.13. The monoisotopic (exact) mass is 196 g/mol. The maximum atomic E-state index is 10.6. The zero-order valence-corrected chi connectivity index (χ0v) is 7.73. The molecule has 1 aliphatic rings. The number of carbonyl (C=O) groups is 1. The van der Waals surface area contributed by atoms with Gasteiger partial charge in [0.1, 0.15) is 5.76 Å². The van der Waals surface area contributed by atoms with Gasteiger partial charge in [-0.25, -0.2) is 4.79 Å². The number of aromatic carboxylic acids is 1. The SMILES string of the molecule is O=C(O)c1ccc(C2CCOCC2)o1. The molecule has 0 spiro atoms. The minimum absolute atomic E-state index is 0.0199. The van der Waals surface area contributed by atoms with Gasteiger partial charge in [-0.3, -0.25) is 0 Å². The van der Waals surface area contributed by atoms with Crippen molar-refractivity contribution < 1.29 is 19.1 Å². The molecule has 2 rings (SSSR count). The first kappa shape index (κ1) is 9.27. The number of furan rings is 1. The summed E-state index contributed by atoms with van der Waals surface area (Å²) in [6.07, 6.45) is 1.82. The molecule has 0 saturated carbocycles. The van der Waals surface area contributed by atoms with Gasteiger partial charge in [-0.05, 0) is 25.0 Å². The molecular formula is C10H12O4. The van der Waals surface area contributed by atoms with Gasteiger partial charge in [-0.15, -0.1) is 0 Å². The molecule has 76 valence electrons. The second kappa shape index (κ2) is 3.84. The highest BCUT2D eigenvalue weighted by atomic mass is 16.5. The Bertz CT molecular complexity index is 323. The Kier molecular flexibility index (Phi) is 2.54. The van der Waals surface area contributed by atoms with Crippen molar-refractivity contribution in [3.8, 4) is 0 Å². The van der Waals surface area contributed by atoms with Gasteiger partial charge >= 0.3 is 5.97 Å². The first-order valence-corrected chi connectivity index (χ1v) is 4.68. The third-order valence-electron chi connectivity index (χ3n) is 2.46. The van der Waals surface area contributed by atoms with Crippen LogP contribution < -0.4 is 0 Å². The molecule has 0 atom stereocenters. The van der Waals surface area contributed by atoms with E-state index in [1.165, 1.54) is 6.07 Å². The molecule has 4 heteroatoms. The van der Waals surface area contributed by atoms with Crippen LogP contribution in [0.1, 0.15) is 35.1 Å². The Hall–Kier alpha value is -1.29. The molecule has 1 aliphatic heterocycles. The zero-order chi connectivity index (χ0) is 9.97. The third-order valence-corrected chi connectivity index (χ3v) is 2.46. The molecule has 1 saturated heterocycles. The second-order valence-corrected chi connectivity index (χ2v) is 3.39. The van der Waals surface area contributed by atoms with Crippen LogP contribution in [0.5, 0.6) is 0 Å². The quantitative estimate of drug-likeness (QED) is 0.784. The standard InChI is InChI=1S/C10H12O4/c11-10(12)9-2-1-8(14-9)7-3-5-13-6-4-7/h1-2,7H,3-6H2,(H,11,12). The van der Waals surface area contributed by atoms with Gasteiger partial charge in [0.25, 0.3) is 0 Å². The molecule has 1 fully saturated rings. The summed E-state index contributed by atoms with van der Waals surface area (Å²) in [4.78, 5) is 10.6. The minimum atomic E-state index is -1.01. The van der Waals surface area contributed by atoms with Crippen LogP contribution in [-0.2, 0) is 4.74 Å². The predicted octanol–water partition coefficient (Wildman–Crippen LogP) is 1.87. The topological polar surface area (TPSA) is 59.7 Å². The molecular weight excluding hydrogens is 184 g/mol. The van der Waals surface area contributed by atoms with Crippen molar-refractivity contribution in [2.75, 3.05) is 13.2 Å². The van der Waals surface area contributed by atoms with Crippen molar-refractivity contribution >= 4 is 5.97 Å². The average molecular weight is 196 g/mol. The van der Waals surface area contributed by atoms with Crippen LogP contribution in [-0.4, -0.2) is 24.3 Å². The Balaban J connectivity index is 2.11. The van der Waals surface area contributed by atoms with Gasteiger partial charge in [0.15, 0.2) is 0 Å². The van der Waals surface area contributed by atoms with Gasteiger partial charge in [-0.1, -0.05) is 0 Å². The first-order chi connectivity index (χ1) is 6.77. The summed E-state index contributed by atoms with van der Waals surface area (Å²) in [5.74, 6) is 0.0948. The summed E-state index contributed by atoms with van der Waals surface area (Å²) >= 11 is 0. The van der Waals surface area contributed by atoms with Gasteiger partial charge in [0, 0.05) is 19.1 Å². The lowest BCUT2D eigenvalue weighted by molar-refractivity contribution is 0.0648. The number of rotatable bonds is 2. The molecule has 1 aromatic heterocycles. The zero-order valence-electron chi connectivity index (χ0n) is 7.73. The van der Waals surface area contributed by atoms with Gasteiger partial charge in [0.05, 0.1) is 0 Å². The summed E-state index contributed by atoms with van der Waals surface area (Å²) in [6, 6.07) is 3.26. The summed E-state index contributed by atoms with van der Waals surface area (Å²) in [5.41, 5.74) is 0. The van der Waals surface area contributed by atoms with Crippen molar-refractivity contribution in [2.45, 2.75) is 18.8 Å². The highest BCUT2D eigenvalue weighted by molar-refractivity contribution is 5.84. The van der Waals surface area contributed by atoms with Crippen LogP contribution in [0.25, 0.3) is 0 Å². The van der Waals surface area contributed by atoms with Crippen molar-refractivity contribution in [3.05, 3.63) is 23.7 Å². The molecule has 0 bridgehead atoms. The predicted molar refractivity (Wildman–Crippen MR) is 48.5 cm³/mol. The number of hydrogen-bond donors (Lipinski definition) is 1. The Labute approximate surface area is 81.5 Å². The van der Waals surface area contributed by atoms with Crippen molar-refractivity contribution in [1.82, 2.24) is 0 Å². The van der Waals surface area contributed by atoms with E-state index in [1.54, 1.807) is 6.07 Å². The fourth-order valence-electron chi connectivity index (χ4n) is 1.67. The van der Waals surface area contributed by atoms with Crippen molar-refractivity contribution in [3.63, 3.8) is 0 Å². The van der Waals surface area contributed by atoms with Crippen molar-refractivity contribution in [1.29, 1.82) is 0 Å². The van der Waals surface area contributed by atoms with Gasteiger partial charge < -0.3 is 14.3 Å². The molecule has 14 heavy (non-hydrogen) atoms. The lowest BCUT2D eigenvalue weighted by Gasteiger charge is -2.19. The minimum Gasteiger partial charge on any atom is -0.475 e. The highest BCUT2D eigenvalue weighted by Gasteiger charge is 2.20. The summed E-state index contributed by atoms with van der Waals surface area (Å²) in [7, 11) is 0. The van der Waals surface area contributed by atoms with E-state index in [9.17, 15) is 4.79 Å². The van der Waals surface area contributed by atoms with E-state index in [-0.39, 0.29) is 5.76 Å². The molecule has 0 amide bonds. The second-order valence-electron chi connectivity index (χ2n) is 3.39. The van der Waals surface area contributed by atoms with Crippen LogP contribution in [0.3, 0.4) is 0 Å². The van der Waals surface area contributed by atoms with Crippen LogP contribution in [0.2, 0.25) is 0 Å². The van der Waals surface area contributed by atoms with E-state index < -0.39 is 5.97 Å². The molecule has 0 radical (unpaired) electrons. The maximum Gasteiger partial charge on any atom is 0.371 e. The van der Waals surface area contributed by atoms with Crippen molar-refractivity contribution in [2.24, 2.45) is 0 Å². The number of carboxylic acids is 1. The van der Waals surface area contributed by atoms with Gasteiger partial charge in [0.2, 0.25) is 5.76 Å². The van der Waals surface area contributed by atoms with E-state index in [1.807, 2.05) is 0 Å². The van der Waals surface area contributed by atoms with Crippen LogP contribution in [0, 0.1) is 0 Å².